The highest BCUT2D eigenvalue weighted by Crippen LogP contribution is 2.35. The van der Waals surface area contributed by atoms with E-state index in [2.05, 4.69) is 17.2 Å². The van der Waals surface area contributed by atoms with Crippen molar-refractivity contribution in [3.05, 3.63) is 47.5 Å². The fourth-order valence-electron chi connectivity index (χ4n) is 3.82. The Morgan fingerprint density at radius 2 is 1.97 bits per heavy atom. The summed E-state index contributed by atoms with van der Waals surface area (Å²) in [5, 5.41) is 8.21. The molecule has 0 spiro atoms. The van der Waals surface area contributed by atoms with E-state index in [0.29, 0.717) is 23.8 Å². The highest BCUT2D eigenvalue weighted by atomic mass is 16.5. The molecule has 1 saturated heterocycles. The van der Waals surface area contributed by atoms with E-state index < -0.39 is 0 Å². The first kappa shape index (κ1) is 20.0. The molecule has 8 heteroatoms. The van der Waals surface area contributed by atoms with Gasteiger partial charge in [-0.25, -0.2) is 0 Å². The summed E-state index contributed by atoms with van der Waals surface area (Å²) in [5.74, 6) is 2.36. The molecule has 1 aliphatic rings. The third-order valence-electron chi connectivity index (χ3n) is 5.33. The monoisotopic (exact) mass is 411 g/mol. The Balaban J connectivity index is 1.54. The summed E-state index contributed by atoms with van der Waals surface area (Å²) in [4.78, 5) is 14.9. The number of benzene rings is 1. The molecule has 0 unspecified atom stereocenters. The van der Waals surface area contributed by atoms with Crippen LogP contribution in [-0.4, -0.2) is 41.9 Å². The second-order valence-corrected chi connectivity index (χ2v) is 7.27. The Labute approximate surface area is 174 Å². The van der Waals surface area contributed by atoms with Gasteiger partial charge in [-0.1, -0.05) is 17.2 Å². The van der Waals surface area contributed by atoms with E-state index in [1.165, 1.54) is 0 Å². The van der Waals surface area contributed by atoms with Crippen LogP contribution in [0.5, 0.6) is 11.5 Å². The van der Waals surface area contributed by atoms with Crippen LogP contribution in [0.3, 0.4) is 0 Å². The highest BCUT2D eigenvalue weighted by molar-refractivity contribution is 5.93. The standard InChI is InChI=1S/C22H25N3O5/c1-4-6-15-12-16(23-29-15)18-7-5-10-25(18)22(26)17-13-20(30-24-17)14-8-9-19(27-2)21(11-14)28-3/h8-9,11-13,18H,4-7,10H2,1-3H3/t18-/m1/s1. The van der Waals surface area contributed by atoms with E-state index >= 15 is 0 Å². The summed E-state index contributed by atoms with van der Waals surface area (Å²) >= 11 is 0. The number of rotatable bonds is 7. The predicted molar refractivity (Wildman–Crippen MR) is 109 cm³/mol. The lowest BCUT2D eigenvalue weighted by Crippen LogP contribution is -2.30. The third kappa shape index (κ3) is 3.77. The second kappa shape index (κ2) is 8.61. The molecule has 1 fully saturated rings. The van der Waals surface area contributed by atoms with Crippen LogP contribution in [-0.2, 0) is 6.42 Å². The number of aryl methyl sites for hydroxylation is 1. The number of hydrogen-bond donors (Lipinski definition) is 0. The van der Waals surface area contributed by atoms with Gasteiger partial charge in [-0.3, -0.25) is 4.79 Å². The van der Waals surface area contributed by atoms with Gasteiger partial charge in [0.2, 0.25) is 0 Å². The molecule has 8 nitrogen and oxygen atoms in total. The summed E-state index contributed by atoms with van der Waals surface area (Å²) in [6.07, 6.45) is 3.59. The van der Waals surface area contributed by atoms with E-state index in [4.69, 9.17) is 18.5 Å². The van der Waals surface area contributed by atoms with Crippen LogP contribution < -0.4 is 9.47 Å². The molecule has 4 rings (SSSR count). The van der Waals surface area contributed by atoms with Crippen LogP contribution in [0.4, 0.5) is 0 Å². The number of aromatic nitrogens is 2. The normalized spacial score (nSPS) is 16.1. The zero-order valence-corrected chi connectivity index (χ0v) is 17.4. The van der Waals surface area contributed by atoms with Crippen molar-refractivity contribution >= 4 is 5.91 Å². The van der Waals surface area contributed by atoms with Gasteiger partial charge in [0.15, 0.2) is 23.0 Å². The minimum Gasteiger partial charge on any atom is -0.493 e. The van der Waals surface area contributed by atoms with Gasteiger partial charge in [0.25, 0.3) is 5.91 Å². The van der Waals surface area contributed by atoms with Crippen molar-refractivity contribution in [3.8, 4) is 22.8 Å². The minimum atomic E-state index is -0.173. The van der Waals surface area contributed by atoms with Gasteiger partial charge in [0.05, 0.1) is 20.3 Å². The van der Waals surface area contributed by atoms with Crippen molar-refractivity contribution in [3.63, 3.8) is 0 Å². The molecule has 2 aromatic heterocycles. The molecular weight excluding hydrogens is 386 g/mol. The van der Waals surface area contributed by atoms with E-state index in [0.717, 1.165) is 42.7 Å². The van der Waals surface area contributed by atoms with Gasteiger partial charge >= 0.3 is 0 Å². The van der Waals surface area contributed by atoms with Crippen molar-refractivity contribution < 1.29 is 23.3 Å². The lowest BCUT2D eigenvalue weighted by Gasteiger charge is -2.21. The SMILES string of the molecule is CCCc1cc([C@H]2CCCN2C(=O)c2cc(-c3ccc(OC)c(OC)c3)on2)no1. The fraction of sp³-hybridized carbons (Fsp3) is 0.409. The van der Waals surface area contributed by atoms with Crippen LogP contribution in [0.2, 0.25) is 0 Å². The van der Waals surface area contributed by atoms with Crippen LogP contribution in [0.25, 0.3) is 11.3 Å². The van der Waals surface area contributed by atoms with Gasteiger partial charge in [-0.05, 0) is 37.5 Å². The minimum absolute atomic E-state index is 0.104. The Bertz CT molecular complexity index is 1030. The summed E-state index contributed by atoms with van der Waals surface area (Å²) < 4.78 is 21.5. The van der Waals surface area contributed by atoms with Crippen LogP contribution in [0.15, 0.2) is 39.4 Å². The maximum atomic E-state index is 13.1. The first-order valence-corrected chi connectivity index (χ1v) is 10.1. The van der Waals surface area contributed by atoms with Crippen molar-refractivity contribution in [1.29, 1.82) is 0 Å². The van der Waals surface area contributed by atoms with E-state index in [1.54, 1.807) is 37.3 Å². The number of amides is 1. The van der Waals surface area contributed by atoms with Crippen LogP contribution in [0.1, 0.15) is 54.2 Å². The summed E-state index contributed by atoms with van der Waals surface area (Å²) in [6, 6.07) is 8.92. The molecule has 1 amide bonds. The van der Waals surface area contributed by atoms with E-state index in [-0.39, 0.29) is 17.6 Å². The molecule has 3 aromatic rings. The largest absolute Gasteiger partial charge is 0.493 e. The van der Waals surface area contributed by atoms with Gasteiger partial charge < -0.3 is 23.4 Å². The van der Waals surface area contributed by atoms with Crippen molar-refractivity contribution in [2.75, 3.05) is 20.8 Å². The lowest BCUT2D eigenvalue weighted by atomic mass is 10.1. The average molecular weight is 411 g/mol. The summed E-state index contributed by atoms with van der Waals surface area (Å²) in [5.41, 5.74) is 1.81. The number of carbonyl (C=O) groups excluding carboxylic acids is 1. The molecule has 158 valence electrons. The average Bonchev–Trinajstić information content (AvgIpc) is 3.53. The number of ether oxygens (including phenoxy) is 2. The number of carbonyl (C=O) groups is 1. The van der Waals surface area contributed by atoms with Gasteiger partial charge in [-0.15, -0.1) is 0 Å². The zero-order chi connectivity index (χ0) is 21.1. The van der Waals surface area contributed by atoms with Gasteiger partial charge in [0.1, 0.15) is 11.5 Å². The maximum absolute atomic E-state index is 13.1. The maximum Gasteiger partial charge on any atom is 0.276 e. The molecule has 0 N–H and O–H groups in total. The van der Waals surface area contributed by atoms with E-state index in [9.17, 15) is 4.79 Å². The van der Waals surface area contributed by atoms with Crippen LogP contribution in [0, 0.1) is 0 Å². The molecule has 0 saturated carbocycles. The predicted octanol–water partition coefficient (Wildman–Crippen LogP) is 4.28. The molecular formula is C22H25N3O5. The van der Waals surface area contributed by atoms with Crippen molar-refractivity contribution in [1.82, 2.24) is 15.2 Å². The second-order valence-electron chi connectivity index (χ2n) is 7.27. The molecule has 1 aliphatic heterocycles. The smallest absolute Gasteiger partial charge is 0.276 e. The van der Waals surface area contributed by atoms with E-state index in [1.807, 2.05) is 12.1 Å². The molecule has 0 aliphatic carbocycles. The van der Waals surface area contributed by atoms with Crippen LogP contribution >= 0.6 is 0 Å². The zero-order valence-electron chi connectivity index (χ0n) is 17.4. The van der Waals surface area contributed by atoms with Gasteiger partial charge in [0, 0.05) is 30.7 Å². The van der Waals surface area contributed by atoms with Gasteiger partial charge in [-0.2, -0.15) is 0 Å². The van der Waals surface area contributed by atoms with Crippen molar-refractivity contribution in [2.24, 2.45) is 0 Å². The molecule has 1 aromatic carbocycles. The Kier molecular flexibility index (Phi) is 5.74. The lowest BCUT2D eigenvalue weighted by molar-refractivity contribution is 0.0720. The first-order valence-electron chi connectivity index (χ1n) is 10.1. The Morgan fingerprint density at radius 3 is 2.73 bits per heavy atom. The number of likely N-dealkylation sites (tertiary alicyclic amines) is 1. The molecule has 3 heterocycles. The molecule has 1 atom stereocenters. The Hall–Kier alpha value is -3.29. The Morgan fingerprint density at radius 1 is 1.13 bits per heavy atom. The van der Waals surface area contributed by atoms with Crippen molar-refractivity contribution in [2.45, 2.75) is 38.6 Å². The molecule has 0 bridgehead atoms. The number of nitrogens with zero attached hydrogens (tertiary/aromatic N) is 3. The summed E-state index contributed by atoms with van der Waals surface area (Å²) in [6.45, 7) is 2.74. The first-order chi connectivity index (χ1) is 14.6. The highest BCUT2D eigenvalue weighted by Gasteiger charge is 2.34. The topological polar surface area (TPSA) is 90.8 Å². The fourth-order valence-corrected chi connectivity index (χ4v) is 3.82. The quantitative estimate of drug-likeness (QED) is 0.573. The molecule has 0 radical (unpaired) electrons. The molecule has 30 heavy (non-hydrogen) atoms. The number of methoxy groups -OCH3 is 2. The third-order valence-corrected chi connectivity index (χ3v) is 5.33. The summed E-state index contributed by atoms with van der Waals surface area (Å²) in [7, 11) is 3.15. The number of hydrogen-bond acceptors (Lipinski definition) is 7.